The van der Waals surface area contributed by atoms with E-state index in [1.165, 1.54) is 35.6 Å². The molecule has 0 spiro atoms. The molecule has 0 radical (unpaired) electrons. The Morgan fingerprint density at radius 1 is 1.14 bits per heavy atom. The van der Waals surface area contributed by atoms with Crippen molar-refractivity contribution in [2.75, 3.05) is 0 Å². The highest BCUT2D eigenvalue weighted by Gasteiger charge is 2.31. The summed E-state index contributed by atoms with van der Waals surface area (Å²) in [6.07, 6.45) is -4.69. The number of nitrogens with two attached hydrogens (primary N) is 1. The molecule has 2 N–H and O–H groups in total. The van der Waals surface area contributed by atoms with Gasteiger partial charge in [0.2, 0.25) is 0 Å². The van der Waals surface area contributed by atoms with Crippen molar-refractivity contribution >= 4 is 55.6 Å². The number of hydrogen-bond acceptors (Lipinski definition) is 3. The smallest absolute Gasteiger partial charge is 0.406 e. The molecule has 0 bridgehead atoms. The second kappa shape index (κ2) is 7.32. The lowest BCUT2D eigenvalue weighted by Crippen LogP contribution is -2.17. The molecular formula is C12H9Br2ClF3NOS. The maximum absolute atomic E-state index is 12.1. The molecule has 0 amide bonds. The van der Waals surface area contributed by atoms with Gasteiger partial charge in [-0.1, -0.05) is 12.1 Å². The lowest BCUT2D eigenvalue weighted by Gasteiger charge is -2.12. The number of rotatable bonds is 3. The Morgan fingerprint density at radius 2 is 1.71 bits per heavy atom. The standard InChI is InChI=1S/C12H8Br2F3NOS.ClH/c13-8-5-9(20-11(8)14)10(18)6-1-3-7(4-2-6)19-12(15,16)17;/h1-5,10H,18H2;1H/t10-;/m1./s1. The Hall–Kier alpha value is -0.280. The molecule has 2 nitrogen and oxygen atoms in total. The van der Waals surface area contributed by atoms with Crippen LogP contribution >= 0.6 is 55.6 Å². The fraction of sp³-hybridized carbons (Fsp3) is 0.167. The fourth-order valence-electron chi connectivity index (χ4n) is 1.56. The molecule has 1 aromatic heterocycles. The highest BCUT2D eigenvalue weighted by atomic mass is 79.9. The van der Waals surface area contributed by atoms with Crippen molar-refractivity contribution < 1.29 is 17.9 Å². The molecule has 1 aromatic carbocycles. The van der Waals surface area contributed by atoms with Gasteiger partial charge in [0.15, 0.2) is 0 Å². The lowest BCUT2D eigenvalue weighted by atomic mass is 10.1. The van der Waals surface area contributed by atoms with Gasteiger partial charge in [-0.3, -0.25) is 0 Å². The number of halogens is 6. The molecule has 0 aliphatic rings. The summed E-state index contributed by atoms with van der Waals surface area (Å²) in [6.45, 7) is 0. The normalized spacial score (nSPS) is 12.7. The van der Waals surface area contributed by atoms with Crippen LogP contribution in [0.15, 0.2) is 38.6 Å². The van der Waals surface area contributed by atoms with E-state index in [2.05, 4.69) is 36.6 Å². The minimum atomic E-state index is -4.69. The van der Waals surface area contributed by atoms with Crippen LogP contribution in [0.2, 0.25) is 0 Å². The van der Waals surface area contributed by atoms with Crippen LogP contribution in [-0.4, -0.2) is 6.36 Å². The van der Waals surface area contributed by atoms with Gasteiger partial charge in [0, 0.05) is 9.35 Å². The van der Waals surface area contributed by atoms with Gasteiger partial charge in [-0.2, -0.15) is 0 Å². The van der Waals surface area contributed by atoms with Crippen molar-refractivity contribution in [1.29, 1.82) is 0 Å². The van der Waals surface area contributed by atoms with Crippen molar-refractivity contribution in [2.45, 2.75) is 12.4 Å². The first-order chi connectivity index (χ1) is 9.26. The molecule has 0 saturated carbocycles. The molecule has 0 aliphatic carbocycles. The van der Waals surface area contributed by atoms with Crippen molar-refractivity contribution in [1.82, 2.24) is 0 Å². The maximum Gasteiger partial charge on any atom is 0.573 e. The van der Waals surface area contributed by atoms with E-state index >= 15 is 0 Å². The highest BCUT2D eigenvalue weighted by Crippen LogP contribution is 2.37. The molecule has 21 heavy (non-hydrogen) atoms. The van der Waals surface area contributed by atoms with E-state index in [1.807, 2.05) is 6.07 Å². The Morgan fingerprint density at radius 3 is 2.14 bits per heavy atom. The van der Waals surface area contributed by atoms with E-state index < -0.39 is 12.4 Å². The molecule has 0 aliphatic heterocycles. The number of thiophene rings is 1. The monoisotopic (exact) mass is 465 g/mol. The van der Waals surface area contributed by atoms with Crippen LogP contribution in [0.3, 0.4) is 0 Å². The van der Waals surface area contributed by atoms with E-state index in [0.29, 0.717) is 5.56 Å². The van der Waals surface area contributed by atoms with Crippen LogP contribution < -0.4 is 10.5 Å². The van der Waals surface area contributed by atoms with Gasteiger partial charge in [-0.05, 0) is 55.6 Å². The summed E-state index contributed by atoms with van der Waals surface area (Å²) in [4.78, 5) is 0.897. The summed E-state index contributed by atoms with van der Waals surface area (Å²) in [6, 6.07) is 7.02. The first-order valence-corrected chi connectivity index (χ1v) is 7.72. The summed E-state index contributed by atoms with van der Waals surface area (Å²) < 4.78 is 41.8. The van der Waals surface area contributed by atoms with Gasteiger partial charge in [-0.15, -0.1) is 36.9 Å². The number of ether oxygens (including phenoxy) is 1. The van der Waals surface area contributed by atoms with Crippen LogP contribution in [0.25, 0.3) is 0 Å². The van der Waals surface area contributed by atoms with Crippen molar-refractivity contribution in [3.63, 3.8) is 0 Å². The van der Waals surface area contributed by atoms with Gasteiger partial charge >= 0.3 is 6.36 Å². The van der Waals surface area contributed by atoms with Crippen molar-refractivity contribution in [2.24, 2.45) is 5.73 Å². The average molecular weight is 468 g/mol. The third-order valence-corrected chi connectivity index (χ3v) is 5.78. The van der Waals surface area contributed by atoms with Crippen molar-refractivity contribution in [3.05, 3.63) is 49.0 Å². The molecule has 116 valence electrons. The van der Waals surface area contributed by atoms with E-state index in [1.54, 1.807) is 0 Å². The number of benzene rings is 1. The minimum Gasteiger partial charge on any atom is -0.406 e. The Labute approximate surface area is 146 Å². The molecule has 0 unspecified atom stereocenters. The average Bonchev–Trinajstić information content (AvgIpc) is 2.68. The summed E-state index contributed by atoms with van der Waals surface area (Å²) in [7, 11) is 0. The van der Waals surface area contributed by atoms with Gasteiger partial charge in [-0.25, -0.2) is 0 Å². The van der Waals surface area contributed by atoms with Crippen LogP contribution in [0.5, 0.6) is 5.75 Å². The van der Waals surface area contributed by atoms with Crippen LogP contribution in [-0.2, 0) is 0 Å². The zero-order chi connectivity index (χ0) is 14.9. The molecule has 9 heteroatoms. The molecule has 1 atom stereocenters. The van der Waals surface area contributed by atoms with E-state index in [0.717, 1.165) is 13.1 Å². The zero-order valence-electron chi connectivity index (χ0n) is 10.2. The molecule has 0 fully saturated rings. The van der Waals surface area contributed by atoms with Gasteiger partial charge in [0.25, 0.3) is 0 Å². The molecular weight excluding hydrogens is 458 g/mol. The van der Waals surface area contributed by atoms with Crippen LogP contribution in [0.4, 0.5) is 13.2 Å². The summed E-state index contributed by atoms with van der Waals surface area (Å²) >= 11 is 8.20. The summed E-state index contributed by atoms with van der Waals surface area (Å²) in [5.74, 6) is -0.262. The van der Waals surface area contributed by atoms with Crippen molar-refractivity contribution in [3.8, 4) is 5.75 Å². The summed E-state index contributed by atoms with van der Waals surface area (Å²) in [5, 5.41) is 0. The fourth-order valence-corrected chi connectivity index (χ4v) is 3.68. The highest BCUT2D eigenvalue weighted by molar-refractivity contribution is 9.13. The third kappa shape index (κ3) is 5.14. The predicted octanol–water partition coefficient (Wildman–Crippen LogP) is 5.64. The second-order valence-corrected chi connectivity index (χ2v) is 7.12. The predicted molar refractivity (Wildman–Crippen MR) is 86.1 cm³/mol. The Bertz CT molecular complexity index is 584. The Balaban J connectivity index is 0.00000220. The van der Waals surface area contributed by atoms with Gasteiger partial charge in [0.05, 0.1) is 9.83 Å². The molecule has 2 aromatic rings. The minimum absolute atomic E-state index is 0. The first-order valence-electron chi connectivity index (χ1n) is 5.32. The molecule has 1 heterocycles. The van der Waals surface area contributed by atoms with Gasteiger partial charge < -0.3 is 10.5 Å². The second-order valence-electron chi connectivity index (χ2n) is 3.86. The topological polar surface area (TPSA) is 35.2 Å². The summed E-state index contributed by atoms with van der Waals surface area (Å²) in [5.41, 5.74) is 6.79. The van der Waals surface area contributed by atoms with E-state index in [9.17, 15) is 13.2 Å². The maximum atomic E-state index is 12.1. The van der Waals surface area contributed by atoms with Gasteiger partial charge in [0.1, 0.15) is 5.75 Å². The number of alkyl halides is 3. The quantitative estimate of drug-likeness (QED) is 0.634. The van der Waals surface area contributed by atoms with Crippen LogP contribution in [0, 0.1) is 0 Å². The van der Waals surface area contributed by atoms with E-state index in [-0.39, 0.29) is 18.2 Å². The van der Waals surface area contributed by atoms with E-state index in [4.69, 9.17) is 5.73 Å². The Kier molecular flexibility index (Phi) is 6.54. The lowest BCUT2D eigenvalue weighted by molar-refractivity contribution is -0.274. The zero-order valence-corrected chi connectivity index (χ0v) is 15.0. The number of hydrogen-bond donors (Lipinski definition) is 1. The molecule has 2 rings (SSSR count). The van der Waals surface area contributed by atoms with Crippen LogP contribution in [0.1, 0.15) is 16.5 Å². The first kappa shape index (κ1) is 18.8. The largest absolute Gasteiger partial charge is 0.573 e. The molecule has 0 saturated heterocycles. The SMILES string of the molecule is Cl.N[C@H](c1ccc(OC(F)(F)F)cc1)c1cc(Br)c(Br)s1. The third-order valence-electron chi connectivity index (χ3n) is 2.44.